The molecule has 1 N–H and O–H groups in total. The molecule has 13 heavy (non-hydrogen) atoms. The Bertz CT molecular complexity index is 321. The number of phenolic OH excluding ortho intramolecular Hbond substituents is 1. The number of halogens is 1. The molecule has 0 aliphatic carbocycles. The number of carbonyl (C=O) groups is 1. The fourth-order valence-corrected chi connectivity index (χ4v) is 1.33. The van der Waals surface area contributed by atoms with Gasteiger partial charge in [-0.15, -0.1) is 11.6 Å². The summed E-state index contributed by atoms with van der Waals surface area (Å²) >= 11 is 5.58. The van der Waals surface area contributed by atoms with E-state index < -0.39 is 0 Å². The first-order valence-corrected chi connectivity index (χ1v) is 4.64. The second-order valence-electron chi connectivity index (χ2n) is 2.72. The monoisotopic (exact) mass is 198 g/mol. The number of Topliss-reactive ketones (excluding diaryl/α,β-unsaturated/α-hetero) is 1. The maximum absolute atomic E-state index is 11.3. The van der Waals surface area contributed by atoms with E-state index in [0.717, 1.165) is 0 Å². The number of alkyl halides is 1. The van der Waals surface area contributed by atoms with Gasteiger partial charge in [0.1, 0.15) is 5.75 Å². The second kappa shape index (κ2) is 4.28. The number of hydrogen-bond donors (Lipinski definition) is 1. The molecule has 1 aromatic carbocycles. The highest BCUT2D eigenvalue weighted by molar-refractivity contribution is 6.17. The smallest absolute Gasteiger partial charge is 0.166 e. The van der Waals surface area contributed by atoms with Gasteiger partial charge in [0.25, 0.3) is 0 Å². The molecule has 0 unspecified atom stereocenters. The molecule has 0 saturated carbocycles. The number of para-hydroxylation sites is 1. The highest BCUT2D eigenvalue weighted by Gasteiger charge is 2.11. The Hall–Kier alpha value is -1.02. The second-order valence-corrected chi connectivity index (χ2v) is 2.99. The van der Waals surface area contributed by atoms with E-state index in [1.54, 1.807) is 25.1 Å². The van der Waals surface area contributed by atoms with Crippen LogP contribution in [0.2, 0.25) is 0 Å². The highest BCUT2D eigenvalue weighted by Crippen LogP contribution is 2.24. The first-order valence-electron chi connectivity index (χ1n) is 4.10. The van der Waals surface area contributed by atoms with Crippen LogP contribution in [-0.2, 0) is 5.88 Å². The SMILES string of the molecule is CCC(=O)c1cccc(CCl)c1O. The topological polar surface area (TPSA) is 37.3 Å². The minimum Gasteiger partial charge on any atom is -0.507 e. The van der Waals surface area contributed by atoms with Gasteiger partial charge in [-0.1, -0.05) is 19.1 Å². The van der Waals surface area contributed by atoms with E-state index in [-0.39, 0.29) is 17.4 Å². The summed E-state index contributed by atoms with van der Waals surface area (Å²) in [5.41, 5.74) is 0.960. The van der Waals surface area contributed by atoms with Crippen molar-refractivity contribution >= 4 is 17.4 Å². The number of hydrogen-bond acceptors (Lipinski definition) is 2. The van der Waals surface area contributed by atoms with Crippen LogP contribution in [0.5, 0.6) is 5.75 Å². The number of benzene rings is 1. The van der Waals surface area contributed by atoms with Crippen molar-refractivity contribution in [1.29, 1.82) is 0 Å². The first kappa shape index (κ1) is 10.1. The third kappa shape index (κ3) is 2.01. The quantitative estimate of drug-likeness (QED) is 0.599. The molecule has 0 aromatic heterocycles. The van der Waals surface area contributed by atoms with Crippen LogP contribution in [0.1, 0.15) is 29.3 Å². The van der Waals surface area contributed by atoms with Crippen molar-refractivity contribution in [1.82, 2.24) is 0 Å². The Kier molecular flexibility index (Phi) is 3.32. The Balaban J connectivity index is 3.15. The van der Waals surface area contributed by atoms with Gasteiger partial charge in [-0.3, -0.25) is 4.79 Å². The van der Waals surface area contributed by atoms with Gasteiger partial charge in [0.15, 0.2) is 5.78 Å². The molecule has 2 nitrogen and oxygen atoms in total. The number of ketones is 1. The van der Waals surface area contributed by atoms with Crippen LogP contribution in [0, 0.1) is 0 Å². The molecular weight excluding hydrogens is 188 g/mol. The summed E-state index contributed by atoms with van der Waals surface area (Å²) in [5, 5.41) is 9.59. The Morgan fingerprint density at radius 1 is 1.54 bits per heavy atom. The standard InChI is InChI=1S/C10H11ClO2/c1-2-9(12)8-5-3-4-7(6-11)10(8)13/h3-5,13H,2,6H2,1H3. The lowest BCUT2D eigenvalue weighted by atomic mass is 10.0. The maximum Gasteiger partial charge on any atom is 0.166 e. The molecule has 0 atom stereocenters. The van der Waals surface area contributed by atoms with E-state index in [1.807, 2.05) is 0 Å². The van der Waals surface area contributed by atoms with E-state index in [9.17, 15) is 9.90 Å². The molecule has 0 radical (unpaired) electrons. The van der Waals surface area contributed by atoms with Crippen molar-refractivity contribution in [2.24, 2.45) is 0 Å². The zero-order valence-corrected chi connectivity index (χ0v) is 8.14. The molecule has 0 saturated heterocycles. The lowest BCUT2D eigenvalue weighted by molar-refractivity contribution is 0.0985. The van der Waals surface area contributed by atoms with Crippen molar-refractivity contribution in [2.75, 3.05) is 0 Å². The minimum atomic E-state index is -0.0653. The van der Waals surface area contributed by atoms with Crippen molar-refractivity contribution in [3.05, 3.63) is 29.3 Å². The van der Waals surface area contributed by atoms with E-state index in [0.29, 0.717) is 17.5 Å². The number of carbonyl (C=O) groups excluding carboxylic acids is 1. The molecule has 0 aliphatic heterocycles. The predicted octanol–water partition coefficient (Wildman–Crippen LogP) is 2.72. The fourth-order valence-electron chi connectivity index (χ4n) is 1.11. The Labute approximate surface area is 82.2 Å². The Morgan fingerprint density at radius 2 is 2.23 bits per heavy atom. The normalized spacial score (nSPS) is 10.0. The van der Waals surface area contributed by atoms with Gasteiger partial charge in [0.2, 0.25) is 0 Å². The lowest BCUT2D eigenvalue weighted by Gasteiger charge is -2.05. The number of phenols is 1. The fraction of sp³-hybridized carbons (Fsp3) is 0.300. The predicted molar refractivity (Wildman–Crippen MR) is 52.3 cm³/mol. The summed E-state index contributed by atoms with van der Waals surface area (Å²) in [4.78, 5) is 11.3. The molecule has 0 bridgehead atoms. The zero-order valence-electron chi connectivity index (χ0n) is 7.38. The van der Waals surface area contributed by atoms with Crippen molar-refractivity contribution in [3.63, 3.8) is 0 Å². The zero-order chi connectivity index (χ0) is 9.84. The third-order valence-electron chi connectivity index (χ3n) is 1.89. The molecule has 0 aliphatic rings. The van der Waals surface area contributed by atoms with Gasteiger partial charge in [0.05, 0.1) is 11.4 Å². The van der Waals surface area contributed by atoms with Crippen LogP contribution >= 0.6 is 11.6 Å². The summed E-state index contributed by atoms with van der Waals surface area (Å²) < 4.78 is 0. The molecule has 3 heteroatoms. The first-order chi connectivity index (χ1) is 6.20. The summed E-state index contributed by atoms with van der Waals surface area (Å²) in [5.74, 6) is 0.172. The third-order valence-corrected chi connectivity index (χ3v) is 2.17. The van der Waals surface area contributed by atoms with E-state index in [1.165, 1.54) is 0 Å². The maximum atomic E-state index is 11.3. The average molecular weight is 199 g/mol. The molecule has 0 amide bonds. The average Bonchev–Trinajstić information content (AvgIpc) is 2.17. The van der Waals surface area contributed by atoms with Crippen LogP contribution in [0.25, 0.3) is 0 Å². The lowest BCUT2D eigenvalue weighted by Crippen LogP contribution is -1.98. The van der Waals surface area contributed by atoms with Gasteiger partial charge in [-0.2, -0.15) is 0 Å². The summed E-state index contributed by atoms with van der Waals surface area (Å²) in [6, 6.07) is 5.03. The molecule has 70 valence electrons. The van der Waals surface area contributed by atoms with Crippen molar-refractivity contribution < 1.29 is 9.90 Å². The number of aromatic hydroxyl groups is 1. The van der Waals surface area contributed by atoms with E-state index in [2.05, 4.69) is 0 Å². The van der Waals surface area contributed by atoms with Crippen LogP contribution in [0.4, 0.5) is 0 Å². The molecule has 0 heterocycles. The summed E-state index contributed by atoms with van der Waals surface area (Å²) in [7, 11) is 0. The molecule has 1 aromatic rings. The highest BCUT2D eigenvalue weighted by atomic mass is 35.5. The largest absolute Gasteiger partial charge is 0.507 e. The van der Waals surface area contributed by atoms with Crippen LogP contribution in [-0.4, -0.2) is 10.9 Å². The van der Waals surface area contributed by atoms with Gasteiger partial charge in [-0.05, 0) is 6.07 Å². The summed E-state index contributed by atoms with van der Waals surface area (Å²) in [6.07, 6.45) is 0.388. The van der Waals surface area contributed by atoms with Gasteiger partial charge in [0, 0.05) is 12.0 Å². The van der Waals surface area contributed by atoms with Gasteiger partial charge in [-0.25, -0.2) is 0 Å². The van der Waals surface area contributed by atoms with Crippen LogP contribution < -0.4 is 0 Å². The molecule has 0 fully saturated rings. The van der Waals surface area contributed by atoms with E-state index in [4.69, 9.17) is 11.6 Å². The van der Waals surface area contributed by atoms with Crippen LogP contribution in [0.15, 0.2) is 18.2 Å². The Morgan fingerprint density at radius 3 is 2.77 bits per heavy atom. The molecule has 0 spiro atoms. The molecular formula is C10H11ClO2. The van der Waals surface area contributed by atoms with Crippen molar-refractivity contribution in [3.8, 4) is 5.75 Å². The van der Waals surface area contributed by atoms with E-state index >= 15 is 0 Å². The van der Waals surface area contributed by atoms with Gasteiger partial charge >= 0.3 is 0 Å². The number of rotatable bonds is 3. The summed E-state index contributed by atoms with van der Waals surface area (Å²) in [6.45, 7) is 1.76. The molecule has 1 rings (SSSR count). The van der Waals surface area contributed by atoms with Gasteiger partial charge < -0.3 is 5.11 Å². The minimum absolute atomic E-state index is 0.0179. The van der Waals surface area contributed by atoms with Crippen LogP contribution in [0.3, 0.4) is 0 Å². The van der Waals surface area contributed by atoms with Crippen molar-refractivity contribution in [2.45, 2.75) is 19.2 Å².